The molecular formula is C20H19N5O. The highest BCUT2D eigenvalue weighted by Gasteiger charge is 2.35. The van der Waals surface area contributed by atoms with Crippen LogP contribution in [-0.2, 0) is 0 Å². The van der Waals surface area contributed by atoms with Gasteiger partial charge in [-0.25, -0.2) is 9.97 Å². The number of aryl methyl sites for hydroxylation is 1. The van der Waals surface area contributed by atoms with Crippen LogP contribution in [0.1, 0.15) is 34.5 Å². The third-order valence-electron chi connectivity index (χ3n) is 4.41. The summed E-state index contributed by atoms with van der Waals surface area (Å²) in [7, 11) is 0. The number of nitrogens with zero attached hydrogens (tertiary/aromatic N) is 4. The van der Waals surface area contributed by atoms with Crippen molar-refractivity contribution in [3.63, 3.8) is 0 Å². The second-order valence-electron chi connectivity index (χ2n) is 6.23. The highest BCUT2D eigenvalue weighted by molar-refractivity contribution is 5.93. The molecule has 0 aliphatic carbocycles. The Morgan fingerprint density at radius 1 is 1.12 bits per heavy atom. The Kier molecular flexibility index (Phi) is 4.31. The fourth-order valence-corrected chi connectivity index (χ4v) is 3.07. The maximum atomic E-state index is 12.7. The van der Waals surface area contributed by atoms with Gasteiger partial charge < -0.3 is 10.2 Å². The van der Waals surface area contributed by atoms with Gasteiger partial charge in [-0.15, -0.1) is 0 Å². The SMILES string of the molecule is Cc1nc(Nc2ccccc2)cc([C@@H]2CCN2C(=O)c2ccccn2)n1. The van der Waals surface area contributed by atoms with Crippen LogP contribution < -0.4 is 5.32 Å². The number of hydrogen-bond acceptors (Lipinski definition) is 5. The molecule has 6 nitrogen and oxygen atoms in total. The van der Waals surface area contributed by atoms with Crippen LogP contribution in [-0.4, -0.2) is 32.3 Å². The molecule has 0 spiro atoms. The lowest BCUT2D eigenvalue weighted by Crippen LogP contribution is -2.45. The number of rotatable bonds is 4. The smallest absolute Gasteiger partial charge is 0.273 e. The average Bonchev–Trinajstić information content (AvgIpc) is 2.62. The molecule has 1 N–H and O–H groups in total. The molecule has 1 atom stereocenters. The molecule has 3 aromatic rings. The summed E-state index contributed by atoms with van der Waals surface area (Å²) >= 11 is 0. The van der Waals surface area contributed by atoms with Crippen molar-refractivity contribution in [1.29, 1.82) is 0 Å². The van der Waals surface area contributed by atoms with Crippen LogP contribution in [0.4, 0.5) is 11.5 Å². The molecule has 1 aliphatic heterocycles. The maximum absolute atomic E-state index is 12.7. The summed E-state index contributed by atoms with van der Waals surface area (Å²) in [5, 5.41) is 3.30. The Balaban J connectivity index is 1.57. The number of carbonyl (C=O) groups is 1. The van der Waals surface area contributed by atoms with E-state index in [-0.39, 0.29) is 11.9 Å². The van der Waals surface area contributed by atoms with Gasteiger partial charge in [0.15, 0.2) is 0 Å². The third-order valence-corrected chi connectivity index (χ3v) is 4.41. The summed E-state index contributed by atoms with van der Waals surface area (Å²) in [4.78, 5) is 27.7. The lowest BCUT2D eigenvalue weighted by Gasteiger charge is -2.40. The summed E-state index contributed by atoms with van der Waals surface area (Å²) < 4.78 is 0. The van der Waals surface area contributed by atoms with Gasteiger partial charge in [-0.2, -0.15) is 0 Å². The quantitative estimate of drug-likeness (QED) is 0.783. The number of anilines is 2. The zero-order valence-electron chi connectivity index (χ0n) is 14.5. The van der Waals surface area contributed by atoms with Crippen molar-refractivity contribution in [2.45, 2.75) is 19.4 Å². The molecule has 4 rings (SSSR count). The van der Waals surface area contributed by atoms with E-state index < -0.39 is 0 Å². The van der Waals surface area contributed by atoms with Crippen LogP contribution in [0.2, 0.25) is 0 Å². The van der Waals surface area contributed by atoms with Gasteiger partial charge in [0.05, 0.1) is 11.7 Å². The monoisotopic (exact) mass is 345 g/mol. The van der Waals surface area contributed by atoms with Crippen LogP contribution in [0.3, 0.4) is 0 Å². The molecule has 0 saturated carbocycles. The number of pyridine rings is 1. The molecule has 1 amide bonds. The lowest BCUT2D eigenvalue weighted by atomic mass is 9.98. The van der Waals surface area contributed by atoms with Gasteiger partial charge in [0.2, 0.25) is 0 Å². The number of benzene rings is 1. The largest absolute Gasteiger partial charge is 0.340 e. The van der Waals surface area contributed by atoms with E-state index in [2.05, 4.69) is 20.3 Å². The van der Waals surface area contributed by atoms with Gasteiger partial charge in [0.25, 0.3) is 5.91 Å². The number of carbonyl (C=O) groups excluding carboxylic acids is 1. The Labute approximate surface area is 151 Å². The highest BCUT2D eigenvalue weighted by Crippen LogP contribution is 2.34. The Morgan fingerprint density at radius 2 is 1.92 bits per heavy atom. The van der Waals surface area contributed by atoms with E-state index in [9.17, 15) is 4.79 Å². The van der Waals surface area contributed by atoms with Crippen molar-refractivity contribution >= 4 is 17.4 Å². The highest BCUT2D eigenvalue weighted by atomic mass is 16.2. The summed E-state index contributed by atoms with van der Waals surface area (Å²) in [6.45, 7) is 2.58. The zero-order chi connectivity index (χ0) is 17.9. The van der Waals surface area contributed by atoms with E-state index >= 15 is 0 Å². The van der Waals surface area contributed by atoms with Crippen molar-refractivity contribution in [3.8, 4) is 0 Å². The first-order valence-electron chi connectivity index (χ1n) is 8.60. The molecule has 1 fully saturated rings. The normalized spacial score (nSPS) is 16.0. The molecule has 0 unspecified atom stereocenters. The van der Waals surface area contributed by atoms with Crippen LogP contribution in [0.15, 0.2) is 60.8 Å². The number of amides is 1. The van der Waals surface area contributed by atoms with E-state index in [4.69, 9.17) is 0 Å². The Morgan fingerprint density at radius 3 is 2.62 bits per heavy atom. The van der Waals surface area contributed by atoms with E-state index in [1.54, 1.807) is 18.3 Å². The van der Waals surface area contributed by atoms with Crippen molar-refractivity contribution in [2.75, 3.05) is 11.9 Å². The summed E-state index contributed by atoms with van der Waals surface area (Å²) in [5.74, 6) is 1.35. The topological polar surface area (TPSA) is 71.0 Å². The van der Waals surface area contributed by atoms with Crippen LogP contribution in [0, 0.1) is 6.92 Å². The molecule has 1 aliphatic rings. The van der Waals surface area contributed by atoms with Crippen molar-refractivity contribution in [1.82, 2.24) is 19.9 Å². The van der Waals surface area contributed by atoms with Crippen LogP contribution in [0.25, 0.3) is 0 Å². The standard InChI is InChI=1S/C20H19N5O/c1-14-22-17(13-19(23-14)24-15-7-3-2-4-8-15)18-10-12-25(18)20(26)16-9-5-6-11-21-16/h2-9,11,13,18H,10,12H2,1H3,(H,22,23,24)/t18-/m0/s1. The van der Waals surface area contributed by atoms with Crippen LogP contribution in [0.5, 0.6) is 0 Å². The molecule has 26 heavy (non-hydrogen) atoms. The van der Waals surface area contributed by atoms with Gasteiger partial charge in [0.1, 0.15) is 17.3 Å². The first-order valence-corrected chi connectivity index (χ1v) is 8.60. The second kappa shape index (κ2) is 6.92. The minimum Gasteiger partial charge on any atom is -0.340 e. The minimum absolute atomic E-state index is 0.0393. The molecular weight excluding hydrogens is 326 g/mol. The van der Waals surface area contributed by atoms with E-state index in [0.29, 0.717) is 18.1 Å². The number of aromatic nitrogens is 3. The first-order chi connectivity index (χ1) is 12.7. The molecule has 0 radical (unpaired) electrons. The third kappa shape index (κ3) is 3.26. The fraction of sp³-hybridized carbons (Fsp3) is 0.200. The minimum atomic E-state index is -0.0596. The maximum Gasteiger partial charge on any atom is 0.273 e. The molecule has 130 valence electrons. The number of likely N-dealkylation sites (tertiary alicyclic amines) is 1. The van der Waals surface area contributed by atoms with E-state index in [1.807, 2.05) is 54.3 Å². The van der Waals surface area contributed by atoms with E-state index in [0.717, 1.165) is 23.6 Å². The molecule has 1 saturated heterocycles. The number of hydrogen-bond donors (Lipinski definition) is 1. The van der Waals surface area contributed by atoms with Gasteiger partial charge in [0, 0.05) is 24.5 Å². The molecule has 1 aromatic carbocycles. The van der Waals surface area contributed by atoms with Crippen molar-refractivity contribution in [3.05, 3.63) is 78.0 Å². The van der Waals surface area contributed by atoms with Gasteiger partial charge in [-0.05, 0) is 37.6 Å². The lowest BCUT2D eigenvalue weighted by molar-refractivity contribution is 0.0444. The number of para-hydroxylation sites is 1. The van der Waals surface area contributed by atoms with E-state index in [1.165, 1.54) is 0 Å². The summed E-state index contributed by atoms with van der Waals surface area (Å²) in [5.41, 5.74) is 2.28. The van der Waals surface area contributed by atoms with Gasteiger partial charge in [-0.1, -0.05) is 24.3 Å². The van der Waals surface area contributed by atoms with Gasteiger partial charge in [-0.3, -0.25) is 9.78 Å². The second-order valence-corrected chi connectivity index (χ2v) is 6.23. The molecule has 0 bridgehead atoms. The summed E-state index contributed by atoms with van der Waals surface area (Å²) in [6.07, 6.45) is 2.53. The van der Waals surface area contributed by atoms with Crippen molar-refractivity contribution < 1.29 is 4.79 Å². The van der Waals surface area contributed by atoms with Crippen LogP contribution >= 0.6 is 0 Å². The average molecular weight is 345 g/mol. The number of nitrogens with one attached hydrogen (secondary N) is 1. The Bertz CT molecular complexity index is 914. The van der Waals surface area contributed by atoms with Crippen molar-refractivity contribution in [2.24, 2.45) is 0 Å². The fourth-order valence-electron chi connectivity index (χ4n) is 3.07. The predicted molar refractivity (Wildman–Crippen MR) is 99.1 cm³/mol. The molecule has 6 heteroatoms. The molecule has 3 heterocycles. The van der Waals surface area contributed by atoms with Gasteiger partial charge >= 0.3 is 0 Å². The Hall–Kier alpha value is -3.28. The molecule has 2 aromatic heterocycles. The predicted octanol–water partition coefficient (Wildman–Crippen LogP) is 3.51. The first kappa shape index (κ1) is 16.2. The zero-order valence-corrected chi connectivity index (χ0v) is 14.5. The summed E-state index contributed by atoms with van der Waals surface area (Å²) in [6, 6.07) is 17.1.